The molecule has 0 saturated carbocycles. The van der Waals surface area contributed by atoms with E-state index in [4.69, 9.17) is 4.42 Å². The van der Waals surface area contributed by atoms with E-state index in [1.54, 1.807) is 42.2 Å². The third kappa shape index (κ3) is 4.15. The molecule has 2 aromatic carbocycles. The van der Waals surface area contributed by atoms with Gasteiger partial charge in [0, 0.05) is 34.5 Å². The highest BCUT2D eigenvalue weighted by molar-refractivity contribution is 7.98. The number of pyridine rings is 1. The van der Waals surface area contributed by atoms with Gasteiger partial charge in [0.2, 0.25) is 5.09 Å². The number of anilines is 1. The first-order chi connectivity index (χ1) is 13.1. The van der Waals surface area contributed by atoms with E-state index in [0.717, 1.165) is 21.6 Å². The molecule has 0 unspecified atom stereocenters. The Morgan fingerprint density at radius 1 is 1.00 bits per heavy atom. The van der Waals surface area contributed by atoms with Gasteiger partial charge >= 0.3 is 0 Å². The monoisotopic (exact) mass is 396 g/mol. The van der Waals surface area contributed by atoms with Gasteiger partial charge in [-0.05, 0) is 35.9 Å². The normalized spacial score (nSPS) is 11.6. The second-order valence-corrected chi connectivity index (χ2v) is 8.55. The largest absolute Gasteiger partial charge is 0.443 e. The molecule has 5 nitrogen and oxygen atoms in total. The lowest BCUT2D eigenvalue weighted by atomic mass is 10.3. The summed E-state index contributed by atoms with van der Waals surface area (Å²) in [5.41, 5.74) is 2.14. The van der Waals surface area contributed by atoms with Gasteiger partial charge < -0.3 is 4.42 Å². The van der Waals surface area contributed by atoms with Crippen molar-refractivity contribution in [2.75, 3.05) is 4.72 Å². The molecular weight excluding hydrogens is 380 g/mol. The van der Waals surface area contributed by atoms with E-state index in [0.29, 0.717) is 11.3 Å². The quantitative estimate of drug-likeness (QED) is 0.468. The maximum absolute atomic E-state index is 12.6. The molecule has 4 aromatic rings. The van der Waals surface area contributed by atoms with Crippen LogP contribution in [0.25, 0.3) is 11.0 Å². The fraction of sp³-hybridized carbons (Fsp3) is 0.0500. The lowest BCUT2D eigenvalue weighted by molar-refractivity contribution is 0.484. The maximum atomic E-state index is 12.6. The summed E-state index contributed by atoms with van der Waals surface area (Å²) in [6.45, 7) is 0. The van der Waals surface area contributed by atoms with Crippen molar-refractivity contribution >= 4 is 38.4 Å². The predicted molar refractivity (Wildman–Crippen MR) is 107 cm³/mol. The first kappa shape index (κ1) is 17.6. The second kappa shape index (κ2) is 7.46. The molecule has 136 valence electrons. The molecule has 27 heavy (non-hydrogen) atoms. The molecule has 0 bridgehead atoms. The molecule has 1 N–H and O–H groups in total. The van der Waals surface area contributed by atoms with Gasteiger partial charge in [-0.25, -0.2) is 0 Å². The summed E-state index contributed by atoms with van der Waals surface area (Å²) in [6.07, 6.45) is 3.56. The minimum atomic E-state index is -3.79. The Kier molecular flexibility index (Phi) is 4.87. The van der Waals surface area contributed by atoms with Gasteiger partial charge in [0.15, 0.2) is 0 Å². The van der Waals surface area contributed by atoms with Crippen LogP contribution in [-0.4, -0.2) is 13.4 Å². The smallest absolute Gasteiger partial charge is 0.295 e. The number of sulfonamides is 1. The molecule has 0 aliphatic carbocycles. The van der Waals surface area contributed by atoms with Gasteiger partial charge in [0.05, 0.1) is 5.69 Å². The summed E-state index contributed by atoms with van der Waals surface area (Å²) in [4.78, 5) is 5.06. The average Bonchev–Trinajstić information content (AvgIpc) is 3.13. The molecule has 0 aliphatic rings. The van der Waals surface area contributed by atoms with Crippen LogP contribution in [0.5, 0.6) is 0 Å². The van der Waals surface area contributed by atoms with Gasteiger partial charge in [-0.1, -0.05) is 30.3 Å². The first-order valence-electron chi connectivity index (χ1n) is 8.23. The molecule has 0 radical (unpaired) electrons. The van der Waals surface area contributed by atoms with E-state index in [-0.39, 0.29) is 5.09 Å². The minimum Gasteiger partial charge on any atom is -0.443 e. The van der Waals surface area contributed by atoms with Crippen LogP contribution in [0, 0.1) is 0 Å². The maximum Gasteiger partial charge on any atom is 0.295 e. The summed E-state index contributed by atoms with van der Waals surface area (Å²) >= 11 is 1.62. The number of hydrogen-bond acceptors (Lipinski definition) is 5. The highest BCUT2D eigenvalue weighted by Gasteiger charge is 2.19. The molecular formula is C20H16N2O3S2. The van der Waals surface area contributed by atoms with E-state index in [2.05, 4.69) is 9.71 Å². The number of nitrogens with zero attached hydrogens (tertiary/aromatic N) is 1. The Bertz CT molecular complexity index is 1140. The number of para-hydroxylation sites is 1. The number of hydrogen-bond donors (Lipinski definition) is 1. The van der Waals surface area contributed by atoms with Crippen molar-refractivity contribution in [3.63, 3.8) is 0 Å². The van der Waals surface area contributed by atoms with Gasteiger partial charge in [0.25, 0.3) is 10.0 Å². The minimum absolute atomic E-state index is 0.0999. The molecule has 0 fully saturated rings. The van der Waals surface area contributed by atoms with Crippen molar-refractivity contribution in [1.29, 1.82) is 0 Å². The lowest BCUT2D eigenvalue weighted by Gasteiger charge is -2.08. The SMILES string of the molecule is O=S(=O)(Nc1cccc(SCc2cccnc2)c1)c1cc2ccccc2o1. The topological polar surface area (TPSA) is 72.2 Å². The zero-order valence-corrected chi connectivity index (χ0v) is 15.8. The highest BCUT2D eigenvalue weighted by Crippen LogP contribution is 2.28. The average molecular weight is 396 g/mol. The van der Waals surface area contributed by atoms with Crippen LogP contribution in [0.4, 0.5) is 5.69 Å². The molecule has 0 aliphatic heterocycles. The van der Waals surface area contributed by atoms with Crippen LogP contribution < -0.4 is 4.72 Å². The molecule has 0 atom stereocenters. The number of aromatic nitrogens is 1. The van der Waals surface area contributed by atoms with Crippen LogP contribution >= 0.6 is 11.8 Å². The zero-order chi connectivity index (χ0) is 18.7. The summed E-state index contributed by atoms with van der Waals surface area (Å²) < 4.78 is 33.3. The number of thioether (sulfide) groups is 1. The van der Waals surface area contributed by atoms with Crippen molar-refractivity contribution in [2.45, 2.75) is 15.7 Å². The fourth-order valence-corrected chi connectivity index (χ4v) is 4.50. The fourth-order valence-electron chi connectivity index (χ4n) is 2.59. The molecule has 7 heteroatoms. The Labute approximate surface area is 161 Å². The standard InChI is InChI=1S/C20H16N2O3S2/c23-27(24,20-11-16-6-1-2-9-19(16)25-20)22-17-7-3-8-18(12-17)26-14-15-5-4-10-21-13-15/h1-13,22H,14H2. The molecule has 0 amide bonds. The lowest BCUT2D eigenvalue weighted by Crippen LogP contribution is -2.12. The molecule has 2 heterocycles. The van der Waals surface area contributed by atoms with Gasteiger partial charge in [-0.2, -0.15) is 8.42 Å². The Hall–Kier alpha value is -2.77. The van der Waals surface area contributed by atoms with E-state index in [1.807, 2.05) is 42.6 Å². The molecule has 4 rings (SSSR count). The van der Waals surface area contributed by atoms with E-state index in [1.165, 1.54) is 6.07 Å². The predicted octanol–water partition coefficient (Wildman–Crippen LogP) is 4.92. The van der Waals surface area contributed by atoms with Crippen LogP contribution in [0.1, 0.15) is 5.56 Å². The number of benzene rings is 2. The highest BCUT2D eigenvalue weighted by atomic mass is 32.2. The third-order valence-electron chi connectivity index (χ3n) is 3.88. The number of rotatable bonds is 6. The Balaban J connectivity index is 1.51. The number of nitrogens with one attached hydrogen (secondary N) is 1. The van der Waals surface area contributed by atoms with E-state index >= 15 is 0 Å². The van der Waals surface area contributed by atoms with Crippen LogP contribution in [0.15, 0.2) is 93.5 Å². The molecule has 0 spiro atoms. The summed E-state index contributed by atoms with van der Waals surface area (Å²) in [7, 11) is -3.79. The zero-order valence-electron chi connectivity index (χ0n) is 14.2. The second-order valence-electron chi connectivity index (χ2n) is 5.89. The van der Waals surface area contributed by atoms with Crippen molar-refractivity contribution < 1.29 is 12.8 Å². The summed E-state index contributed by atoms with van der Waals surface area (Å²) in [6, 6.07) is 19.9. The first-order valence-corrected chi connectivity index (χ1v) is 10.7. The van der Waals surface area contributed by atoms with Crippen LogP contribution in [-0.2, 0) is 15.8 Å². The van der Waals surface area contributed by atoms with Crippen molar-refractivity contribution in [3.05, 3.63) is 84.7 Å². The van der Waals surface area contributed by atoms with E-state index < -0.39 is 10.0 Å². The van der Waals surface area contributed by atoms with Crippen LogP contribution in [0.2, 0.25) is 0 Å². The molecule has 0 saturated heterocycles. The van der Waals surface area contributed by atoms with Crippen molar-refractivity contribution in [3.8, 4) is 0 Å². The van der Waals surface area contributed by atoms with E-state index in [9.17, 15) is 8.42 Å². The van der Waals surface area contributed by atoms with Crippen LogP contribution in [0.3, 0.4) is 0 Å². The van der Waals surface area contributed by atoms with Gasteiger partial charge in [-0.3, -0.25) is 9.71 Å². The van der Waals surface area contributed by atoms with Gasteiger partial charge in [-0.15, -0.1) is 11.8 Å². The van der Waals surface area contributed by atoms with Gasteiger partial charge in [0.1, 0.15) is 5.58 Å². The number of fused-ring (bicyclic) bond motifs is 1. The number of furan rings is 1. The van der Waals surface area contributed by atoms with Crippen molar-refractivity contribution in [2.24, 2.45) is 0 Å². The summed E-state index contributed by atoms with van der Waals surface area (Å²) in [5.74, 6) is 0.758. The molecule has 2 aromatic heterocycles. The Morgan fingerprint density at radius 2 is 1.89 bits per heavy atom. The van der Waals surface area contributed by atoms with Crippen molar-refractivity contribution in [1.82, 2.24) is 4.98 Å². The third-order valence-corrected chi connectivity index (χ3v) is 6.18. The Morgan fingerprint density at radius 3 is 2.70 bits per heavy atom. The summed E-state index contributed by atoms with van der Waals surface area (Å²) in [5, 5.41) is 0.649.